The van der Waals surface area contributed by atoms with Crippen molar-refractivity contribution in [1.29, 1.82) is 0 Å². The Labute approximate surface area is 122 Å². The molecule has 2 heterocycles. The second kappa shape index (κ2) is 5.36. The Bertz CT molecular complexity index is 779. The number of anilines is 1. The van der Waals surface area contributed by atoms with Gasteiger partial charge in [-0.25, -0.2) is 4.98 Å². The van der Waals surface area contributed by atoms with Crippen LogP contribution in [0.3, 0.4) is 0 Å². The fraction of sp³-hybridized carbons (Fsp3) is 0.188. The highest BCUT2D eigenvalue weighted by atomic mass is 16.3. The van der Waals surface area contributed by atoms with E-state index in [-0.39, 0.29) is 11.8 Å². The molecular formula is C16H15N3O2. The number of benzene rings is 1. The minimum atomic E-state index is -0.0645. The number of pyridine rings is 1. The molecule has 3 rings (SSSR count). The van der Waals surface area contributed by atoms with Crippen LogP contribution < -0.4 is 5.32 Å². The van der Waals surface area contributed by atoms with Gasteiger partial charge in [-0.1, -0.05) is 13.8 Å². The van der Waals surface area contributed by atoms with Crippen molar-refractivity contribution >= 4 is 22.7 Å². The Hall–Kier alpha value is -2.69. The Morgan fingerprint density at radius 1 is 1.19 bits per heavy atom. The standard InChI is InChI=1S/C16H15N3O2/c1-10(2)15(20)18-12-3-4-14-13(9-12)19-16(21-14)11-5-7-17-8-6-11/h3-10H,1-2H3,(H,18,20). The number of aromatic nitrogens is 2. The van der Waals surface area contributed by atoms with Crippen molar-refractivity contribution < 1.29 is 9.21 Å². The maximum atomic E-state index is 11.7. The first-order valence-electron chi connectivity index (χ1n) is 6.75. The molecule has 0 radical (unpaired) electrons. The molecule has 0 aliphatic carbocycles. The third-order valence-electron chi connectivity index (χ3n) is 3.11. The van der Waals surface area contributed by atoms with E-state index in [1.54, 1.807) is 12.4 Å². The number of rotatable bonds is 3. The van der Waals surface area contributed by atoms with Crippen LogP contribution >= 0.6 is 0 Å². The quantitative estimate of drug-likeness (QED) is 0.798. The summed E-state index contributed by atoms with van der Waals surface area (Å²) in [5.41, 5.74) is 2.98. The zero-order chi connectivity index (χ0) is 14.8. The highest BCUT2D eigenvalue weighted by molar-refractivity contribution is 5.94. The summed E-state index contributed by atoms with van der Waals surface area (Å²) in [5, 5.41) is 2.85. The summed E-state index contributed by atoms with van der Waals surface area (Å²) in [6.07, 6.45) is 3.39. The van der Waals surface area contributed by atoms with Gasteiger partial charge < -0.3 is 9.73 Å². The molecule has 0 spiro atoms. The molecule has 0 saturated heterocycles. The molecule has 5 nitrogen and oxygen atoms in total. The van der Waals surface area contributed by atoms with Crippen LogP contribution in [0.5, 0.6) is 0 Å². The summed E-state index contributed by atoms with van der Waals surface area (Å²) in [7, 11) is 0. The van der Waals surface area contributed by atoms with Gasteiger partial charge in [0, 0.05) is 29.6 Å². The number of nitrogens with zero attached hydrogens (tertiary/aromatic N) is 2. The van der Waals surface area contributed by atoms with Crippen molar-refractivity contribution in [3.05, 3.63) is 42.7 Å². The number of amides is 1. The smallest absolute Gasteiger partial charge is 0.227 e. The van der Waals surface area contributed by atoms with Gasteiger partial charge in [-0.15, -0.1) is 0 Å². The molecule has 1 aromatic carbocycles. The van der Waals surface area contributed by atoms with Gasteiger partial charge >= 0.3 is 0 Å². The van der Waals surface area contributed by atoms with Crippen molar-refractivity contribution in [3.8, 4) is 11.5 Å². The molecule has 2 aromatic heterocycles. The predicted molar refractivity (Wildman–Crippen MR) is 80.7 cm³/mol. The molecule has 3 aromatic rings. The fourth-order valence-electron chi connectivity index (χ4n) is 1.91. The lowest BCUT2D eigenvalue weighted by molar-refractivity contribution is -0.118. The van der Waals surface area contributed by atoms with Crippen LogP contribution in [0, 0.1) is 5.92 Å². The molecule has 1 N–H and O–H groups in total. The number of fused-ring (bicyclic) bond motifs is 1. The first kappa shape index (κ1) is 13.3. The first-order valence-corrected chi connectivity index (χ1v) is 6.75. The van der Waals surface area contributed by atoms with Crippen molar-refractivity contribution in [2.24, 2.45) is 5.92 Å². The van der Waals surface area contributed by atoms with Crippen LogP contribution in [0.15, 0.2) is 47.1 Å². The summed E-state index contributed by atoms with van der Waals surface area (Å²) >= 11 is 0. The summed E-state index contributed by atoms with van der Waals surface area (Å²) < 4.78 is 5.71. The van der Waals surface area contributed by atoms with Crippen LogP contribution in [-0.4, -0.2) is 15.9 Å². The summed E-state index contributed by atoms with van der Waals surface area (Å²) in [6, 6.07) is 9.11. The van der Waals surface area contributed by atoms with Crippen LogP contribution in [-0.2, 0) is 4.79 Å². The second-order valence-electron chi connectivity index (χ2n) is 5.08. The van der Waals surface area contributed by atoms with E-state index in [9.17, 15) is 4.79 Å². The zero-order valence-electron chi connectivity index (χ0n) is 11.8. The maximum absolute atomic E-state index is 11.7. The fourth-order valence-corrected chi connectivity index (χ4v) is 1.91. The highest BCUT2D eigenvalue weighted by Crippen LogP contribution is 2.25. The van der Waals surface area contributed by atoms with Gasteiger partial charge in [-0.2, -0.15) is 0 Å². The minimum Gasteiger partial charge on any atom is -0.436 e. The average molecular weight is 281 g/mol. The van der Waals surface area contributed by atoms with Gasteiger partial charge in [-0.3, -0.25) is 9.78 Å². The van der Waals surface area contributed by atoms with Crippen molar-refractivity contribution in [2.45, 2.75) is 13.8 Å². The number of carbonyl (C=O) groups excluding carboxylic acids is 1. The Balaban J connectivity index is 1.94. The molecule has 0 bridgehead atoms. The molecule has 5 heteroatoms. The molecule has 0 unspecified atom stereocenters. The number of carbonyl (C=O) groups is 1. The molecule has 21 heavy (non-hydrogen) atoms. The number of oxazole rings is 1. The minimum absolute atomic E-state index is 0.0211. The lowest BCUT2D eigenvalue weighted by Crippen LogP contribution is -2.17. The first-order chi connectivity index (χ1) is 10.1. The van der Waals surface area contributed by atoms with Crippen molar-refractivity contribution in [1.82, 2.24) is 9.97 Å². The van der Waals surface area contributed by atoms with E-state index in [4.69, 9.17) is 4.42 Å². The molecular weight excluding hydrogens is 266 g/mol. The van der Waals surface area contributed by atoms with Crippen molar-refractivity contribution in [2.75, 3.05) is 5.32 Å². The highest BCUT2D eigenvalue weighted by Gasteiger charge is 2.11. The van der Waals surface area contributed by atoms with Gasteiger partial charge in [0.25, 0.3) is 0 Å². The number of hydrogen-bond donors (Lipinski definition) is 1. The summed E-state index contributed by atoms with van der Waals surface area (Å²) in [6.45, 7) is 3.71. The topological polar surface area (TPSA) is 68.0 Å². The molecule has 1 amide bonds. The third-order valence-corrected chi connectivity index (χ3v) is 3.11. The molecule has 0 aliphatic rings. The second-order valence-corrected chi connectivity index (χ2v) is 5.08. The van der Waals surface area contributed by atoms with Gasteiger partial charge in [0.1, 0.15) is 5.52 Å². The van der Waals surface area contributed by atoms with Gasteiger partial charge in [0.2, 0.25) is 11.8 Å². The molecule has 0 atom stereocenters. The normalized spacial score (nSPS) is 11.0. The third kappa shape index (κ3) is 2.76. The molecule has 0 saturated carbocycles. The largest absolute Gasteiger partial charge is 0.436 e. The predicted octanol–water partition coefficient (Wildman–Crippen LogP) is 3.48. The van der Waals surface area contributed by atoms with Gasteiger partial charge in [0.05, 0.1) is 0 Å². The van der Waals surface area contributed by atoms with Crippen LogP contribution in [0.1, 0.15) is 13.8 Å². The van der Waals surface area contributed by atoms with Crippen LogP contribution in [0.2, 0.25) is 0 Å². The maximum Gasteiger partial charge on any atom is 0.227 e. The number of hydrogen-bond acceptors (Lipinski definition) is 4. The van der Waals surface area contributed by atoms with Gasteiger partial charge in [0.15, 0.2) is 5.58 Å². The Kier molecular flexibility index (Phi) is 3.39. The monoisotopic (exact) mass is 281 g/mol. The summed E-state index contributed by atoms with van der Waals surface area (Å²) in [4.78, 5) is 20.1. The van der Waals surface area contributed by atoms with Crippen LogP contribution in [0.25, 0.3) is 22.6 Å². The molecule has 0 fully saturated rings. The molecule has 106 valence electrons. The van der Waals surface area contributed by atoms with Crippen LogP contribution in [0.4, 0.5) is 5.69 Å². The van der Waals surface area contributed by atoms with E-state index in [2.05, 4.69) is 15.3 Å². The zero-order valence-corrected chi connectivity index (χ0v) is 11.8. The van der Waals surface area contributed by atoms with E-state index in [0.29, 0.717) is 17.0 Å². The van der Waals surface area contributed by atoms with E-state index in [0.717, 1.165) is 11.3 Å². The van der Waals surface area contributed by atoms with E-state index < -0.39 is 0 Å². The molecule has 0 aliphatic heterocycles. The van der Waals surface area contributed by atoms with Gasteiger partial charge in [-0.05, 0) is 30.3 Å². The van der Waals surface area contributed by atoms with E-state index >= 15 is 0 Å². The Morgan fingerprint density at radius 2 is 1.95 bits per heavy atom. The number of nitrogens with one attached hydrogen (secondary N) is 1. The lowest BCUT2D eigenvalue weighted by atomic mass is 10.2. The lowest BCUT2D eigenvalue weighted by Gasteiger charge is -2.06. The van der Waals surface area contributed by atoms with E-state index in [1.807, 2.05) is 44.2 Å². The Morgan fingerprint density at radius 3 is 2.67 bits per heavy atom. The van der Waals surface area contributed by atoms with E-state index in [1.165, 1.54) is 0 Å². The summed E-state index contributed by atoms with van der Waals surface area (Å²) in [5.74, 6) is 0.456. The SMILES string of the molecule is CC(C)C(=O)Nc1ccc2oc(-c3ccncc3)nc2c1. The average Bonchev–Trinajstić information content (AvgIpc) is 2.91. The van der Waals surface area contributed by atoms with Crippen molar-refractivity contribution in [3.63, 3.8) is 0 Å².